The summed E-state index contributed by atoms with van der Waals surface area (Å²) in [5, 5.41) is 4.38. The molecule has 2 rings (SSSR count). The molecule has 0 spiro atoms. The van der Waals surface area contributed by atoms with Crippen LogP contribution in [0.3, 0.4) is 0 Å². The van der Waals surface area contributed by atoms with Crippen molar-refractivity contribution in [3.63, 3.8) is 0 Å². The number of nitrogens with zero attached hydrogens (tertiary/aromatic N) is 1. The lowest BCUT2D eigenvalue weighted by Gasteiger charge is -2.25. The van der Waals surface area contributed by atoms with Gasteiger partial charge in [-0.1, -0.05) is 23.7 Å². The normalized spacial score (nSPS) is 17.1. The lowest BCUT2D eigenvalue weighted by Crippen LogP contribution is -2.32. The summed E-state index contributed by atoms with van der Waals surface area (Å²) in [6.07, 6.45) is 3.95. The fraction of sp³-hybridized carbons (Fsp3) is 0.600. The van der Waals surface area contributed by atoms with Gasteiger partial charge in [-0.25, -0.2) is 0 Å². The summed E-state index contributed by atoms with van der Waals surface area (Å²) in [4.78, 5) is 2.40. The Kier molecular flexibility index (Phi) is 5.04. The van der Waals surface area contributed by atoms with E-state index in [1.54, 1.807) is 0 Å². The first-order valence-corrected chi connectivity index (χ1v) is 7.21. The molecule has 18 heavy (non-hydrogen) atoms. The second-order valence-electron chi connectivity index (χ2n) is 5.41. The van der Waals surface area contributed by atoms with Gasteiger partial charge in [0.15, 0.2) is 0 Å². The van der Waals surface area contributed by atoms with Gasteiger partial charge in [-0.3, -0.25) is 4.90 Å². The molecular formula is C15H23ClN2. The number of halogens is 1. The summed E-state index contributed by atoms with van der Waals surface area (Å²) in [5.74, 6) is 0. The van der Waals surface area contributed by atoms with Crippen LogP contribution in [0.5, 0.6) is 0 Å². The molecule has 0 amide bonds. The van der Waals surface area contributed by atoms with Gasteiger partial charge in [0.1, 0.15) is 0 Å². The van der Waals surface area contributed by atoms with Gasteiger partial charge in [0.05, 0.1) is 0 Å². The van der Waals surface area contributed by atoms with Crippen LogP contribution in [-0.2, 0) is 6.54 Å². The molecule has 1 aliphatic rings. The number of hydrogen-bond donors (Lipinski definition) is 1. The molecule has 0 aliphatic heterocycles. The predicted molar refractivity (Wildman–Crippen MR) is 78.0 cm³/mol. The molecule has 0 heterocycles. The zero-order valence-corrected chi connectivity index (χ0v) is 12.1. The van der Waals surface area contributed by atoms with E-state index in [9.17, 15) is 0 Å². The minimum atomic E-state index is 0.604. The molecule has 0 saturated heterocycles. The van der Waals surface area contributed by atoms with Gasteiger partial charge in [-0.2, -0.15) is 0 Å². The second kappa shape index (κ2) is 6.55. The molecule has 1 aromatic carbocycles. The highest BCUT2D eigenvalue weighted by atomic mass is 35.5. The summed E-state index contributed by atoms with van der Waals surface area (Å²) in [6, 6.07) is 9.56. The molecule has 0 bridgehead atoms. The van der Waals surface area contributed by atoms with E-state index in [0.29, 0.717) is 6.04 Å². The lowest BCUT2D eigenvalue weighted by atomic mass is 10.1. The fourth-order valence-electron chi connectivity index (χ4n) is 2.04. The van der Waals surface area contributed by atoms with Gasteiger partial charge >= 0.3 is 0 Å². The van der Waals surface area contributed by atoms with Crippen LogP contribution in [0.2, 0.25) is 5.02 Å². The molecule has 1 N–H and O–H groups in total. The van der Waals surface area contributed by atoms with Crippen molar-refractivity contribution in [2.45, 2.75) is 44.8 Å². The molecule has 1 unspecified atom stereocenters. The quantitative estimate of drug-likeness (QED) is 0.815. The third-order valence-electron chi connectivity index (χ3n) is 3.67. The van der Waals surface area contributed by atoms with E-state index in [1.807, 2.05) is 12.1 Å². The van der Waals surface area contributed by atoms with Crippen molar-refractivity contribution >= 4 is 11.6 Å². The average molecular weight is 267 g/mol. The van der Waals surface area contributed by atoms with Crippen molar-refractivity contribution in [1.29, 1.82) is 0 Å². The predicted octanol–water partition coefficient (Wildman–Crippen LogP) is 3.30. The first-order valence-electron chi connectivity index (χ1n) is 6.83. The van der Waals surface area contributed by atoms with Crippen molar-refractivity contribution in [3.8, 4) is 0 Å². The Morgan fingerprint density at radius 2 is 2.00 bits per heavy atom. The van der Waals surface area contributed by atoms with Crippen molar-refractivity contribution in [1.82, 2.24) is 10.2 Å². The molecule has 1 atom stereocenters. The van der Waals surface area contributed by atoms with Crippen LogP contribution in [-0.4, -0.2) is 30.6 Å². The third kappa shape index (κ3) is 4.60. The maximum Gasteiger partial charge on any atom is 0.0406 e. The highest BCUT2D eigenvalue weighted by Gasteiger charge is 2.20. The van der Waals surface area contributed by atoms with E-state index in [1.165, 1.54) is 24.8 Å². The summed E-state index contributed by atoms with van der Waals surface area (Å²) < 4.78 is 0. The Hall–Kier alpha value is -0.570. The van der Waals surface area contributed by atoms with Crippen molar-refractivity contribution in [3.05, 3.63) is 34.9 Å². The zero-order valence-electron chi connectivity index (χ0n) is 11.3. The molecular weight excluding hydrogens is 244 g/mol. The Labute approximate surface area is 115 Å². The monoisotopic (exact) mass is 266 g/mol. The number of hydrogen-bond acceptors (Lipinski definition) is 2. The van der Waals surface area contributed by atoms with E-state index in [2.05, 4.69) is 36.3 Å². The Morgan fingerprint density at radius 1 is 1.33 bits per heavy atom. The first-order chi connectivity index (χ1) is 8.65. The van der Waals surface area contributed by atoms with Crippen LogP contribution >= 0.6 is 11.6 Å². The Morgan fingerprint density at radius 3 is 2.61 bits per heavy atom. The van der Waals surface area contributed by atoms with Crippen LogP contribution in [0.1, 0.15) is 31.7 Å². The van der Waals surface area contributed by atoms with E-state index in [4.69, 9.17) is 11.6 Å². The molecule has 1 aliphatic carbocycles. The summed E-state index contributed by atoms with van der Waals surface area (Å²) in [7, 11) is 2.19. The van der Waals surface area contributed by atoms with E-state index in [-0.39, 0.29) is 0 Å². The fourth-order valence-corrected chi connectivity index (χ4v) is 2.16. The topological polar surface area (TPSA) is 15.3 Å². The first kappa shape index (κ1) is 13.9. The van der Waals surface area contributed by atoms with E-state index in [0.717, 1.165) is 24.2 Å². The van der Waals surface area contributed by atoms with Gasteiger partial charge in [0, 0.05) is 23.7 Å². The smallest absolute Gasteiger partial charge is 0.0406 e. The number of rotatable bonds is 7. The van der Waals surface area contributed by atoms with Gasteiger partial charge in [-0.15, -0.1) is 0 Å². The zero-order chi connectivity index (χ0) is 13.0. The standard InChI is InChI=1S/C15H23ClN2/c1-12(9-10-17-15-7-8-15)18(2)11-13-3-5-14(16)6-4-13/h3-6,12,15,17H,7-11H2,1-2H3. The van der Waals surface area contributed by atoms with Crippen LogP contribution in [0.4, 0.5) is 0 Å². The second-order valence-corrected chi connectivity index (χ2v) is 5.84. The van der Waals surface area contributed by atoms with Crippen molar-refractivity contribution < 1.29 is 0 Å². The molecule has 1 saturated carbocycles. The maximum atomic E-state index is 5.89. The van der Waals surface area contributed by atoms with Crippen LogP contribution in [0.25, 0.3) is 0 Å². The van der Waals surface area contributed by atoms with Crippen molar-refractivity contribution in [2.24, 2.45) is 0 Å². The van der Waals surface area contributed by atoms with Crippen LogP contribution in [0.15, 0.2) is 24.3 Å². The lowest BCUT2D eigenvalue weighted by molar-refractivity contribution is 0.236. The van der Waals surface area contributed by atoms with Gasteiger partial charge in [-0.05, 0) is 57.5 Å². The molecule has 1 aromatic rings. The third-order valence-corrected chi connectivity index (χ3v) is 3.92. The molecule has 0 radical (unpaired) electrons. The summed E-state index contributed by atoms with van der Waals surface area (Å²) in [5.41, 5.74) is 1.32. The summed E-state index contributed by atoms with van der Waals surface area (Å²) >= 11 is 5.89. The van der Waals surface area contributed by atoms with Crippen LogP contribution < -0.4 is 5.32 Å². The minimum Gasteiger partial charge on any atom is -0.314 e. The highest BCUT2D eigenvalue weighted by Crippen LogP contribution is 2.18. The highest BCUT2D eigenvalue weighted by molar-refractivity contribution is 6.30. The SMILES string of the molecule is CC(CCNC1CC1)N(C)Cc1ccc(Cl)cc1. The number of nitrogens with one attached hydrogen (secondary N) is 1. The van der Waals surface area contributed by atoms with E-state index >= 15 is 0 Å². The molecule has 3 heteroatoms. The van der Waals surface area contributed by atoms with Gasteiger partial charge < -0.3 is 5.32 Å². The minimum absolute atomic E-state index is 0.604. The molecule has 1 fully saturated rings. The van der Waals surface area contributed by atoms with Gasteiger partial charge in [0.2, 0.25) is 0 Å². The van der Waals surface area contributed by atoms with Crippen molar-refractivity contribution in [2.75, 3.05) is 13.6 Å². The molecule has 0 aromatic heterocycles. The van der Waals surface area contributed by atoms with Gasteiger partial charge in [0.25, 0.3) is 0 Å². The van der Waals surface area contributed by atoms with E-state index < -0.39 is 0 Å². The maximum absolute atomic E-state index is 5.89. The summed E-state index contributed by atoms with van der Waals surface area (Å²) in [6.45, 7) is 4.42. The molecule has 100 valence electrons. The molecule has 2 nitrogen and oxygen atoms in total. The Balaban J connectivity index is 1.71. The Bertz CT molecular complexity index is 359. The van der Waals surface area contributed by atoms with Crippen LogP contribution in [0, 0.1) is 0 Å². The average Bonchev–Trinajstić information content (AvgIpc) is 3.16. The largest absolute Gasteiger partial charge is 0.314 e. The number of benzene rings is 1.